The van der Waals surface area contributed by atoms with E-state index in [0.717, 1.165) is 22.6 Å². The minimum atomic E-state index is 0.473. The van der Waals surface area contributed by atoms with E-state index in [9.17, 15) is 0 Å². The van der Waals surface area contributed by atoms with Crippen LogP contribution >= 0.6 is 0 Å². The van der Waals surface area contributed by atoms with E-state index in [1.165, 1.54) is 0 Å². The fraction of sp³-hybridized carbons (Fsp3) is 0.158. The second-order valence-corrected chi connectivity index (χ2v) is 5.71. The number of aromatic nitrogens is 3. The van der Waals surface area contributed by atoms with Crippen LogP contribution in [0.25, 0.3) is 22.7 Å². The second kappa shape index (κ2) is 6.32. The molecule has 0 saturated carbocycles. The SMILES string of the molecule is COc1ccc(COc2ccc3oc(-c4cn(C)cn4)nc3c2)cc1. The molecular weight excluding hydrogens is 318 g/mol. The van der Waals surface area contributed by atoms with Crippen LogP contribution in [-0.2, 0) is 13.7 Å². The Bertz CT molecular complexity index is 1000. The molecule has 0 unspecified atom stereocenters. The smallest absolute Gasteiger partial charge is 0.247 e. The Labute approximate surface area is 144 Å². The van der Waals surface area contributed by atoms with Gasteiger partial charge in [-0.25, -0.2) is 9.97 Å². The fourth-order valence-corrected chi connectivity index (χ4v) is 2.52. The highest BCUT2D eigenvalue weighted by molar-refractivity contribution is 5.77. The number of benzene rings is 2. The van der Waals surface area contributed by atoms with E-state index in [1.807, 2.05) is 60.3 Å². The molecular formula is C19H17N3O3. The molecule has 0 amide bonds. The van der Waals surface area contributed by atoms with Gasteiger partial charge in [0.2, 0.25) is 5.89 Å². The molecule has 25 heavy (non-hydrogen) atoms. The van der Waals surface area contributed by atoms with Gasteiger partial charge in [0.25, 0.3) is 0 Å². The van der Waals surface area contributed by atoms with Crippen molar-refractivity contribution >= 4 is 11.1 Å². The average Bonchev–Trinajstić information content (AvgIpc) is 3.25. The first kappa shape index (κ1) is 15.3. The van der Waals surface area contributed by atoms with Gasteiger partial charge in [-0.05, 0) is 29.8 Å². The normalized spacial score (nSPS) is 11.0. The molecule has 2 aromatic heterocycles. The molecule has 0 N–H and O–H groups in total. The first-order chi connectivity index (χ1) is 12.2. The van der Waals surface area contributed by atoms with E-state index >= 15 is 0 Å². The quantitative estimate of drug-likeness (QED) is 0.555. The van der Waals surface area contributed by atoms with Gasteiger partial charge in [-0.2, -0.15) is 0 Å². The number of fused-ring (bicyclic) bond motifs is 1. The fourth-order valence-electron chi connectivity index (χ4n) is 2.52. The maximum atomic E-state index is 5.85. The minimum absolute atomic E-state index is 0.473. The lowest BCUT2D eigenvalue weighted by molar-refractivity contribution is 0.306. The molecule has 0 aliphatic heterocycles. The van der Waals surface area contributed by atoms with Crippen molar-refractivity contribution < 1.29 is 13.9 Å². The zero-order valence-corrected chi connectivity index (χ0v) is 14.0. The van der Waals surface area contributed by atoms with Gasteiger partial charge < -0.3 is 18.5 Å². The third-order valence-electron chi connectivity index (χ3n) is 3.85. The zero-order chi connectivity index (χ0) is 17.2. The summed E-state index contributed by atoms with van der Waals surface area (Å²) in [5.41, 5.74) is 3.22. The van der Waals surface area contributed by atoms with Crippen molar-refractivity contribution in [2.75, 3.05) is 7.11 Å². The van der Waals surface area contributed by atoms with E-state index in [2.05, 4.69) is 9.97 Å². The van der Waals surface area contributed by atoms with Crippen LogP contribution in [0.1, 0.15) is 5.56 Å². The minimum Gasteiger partial charge on any atom is -0.497 e. The van der Waals surface area contributed by atoms with Crippen molar-refractivity contribution in [2.45, 2.75) is 6.61 Å². The highest BCUT2D eigenvalue weighted by Crippen LogP contribution is 2.26. The molecule has 4 rings (SSSR count). The van der Waals surface area contributed by atoms with E-state index in [4.69, 9.17) is 13.9 Å². The van der Waals surface area contributed by atoms with Gasteiger partial charge >= 0.3 is 0 Å². The Kier molecular flexibility index (Phi) is 3.85. The molecule has 0 aliphatic rings. The molecule has 0 spiro atoms. The lowest BCUT2D eigenvalue weighted by atomic mass is 10.2. The number of methoxy groups -OCH3 is 1. The summed E-state index contributed by atoms with van der Waals surface area (Å²) in [5, 5.41) is 0. The lowest BCUT2D eigenvalue weighted by Gasteiger charge is -2.06. The van der Waals surface area contributed by atoms with Gasteiger partial charge in [-0.1, -0.05) is 12.1 Å². The third-order valence-corrected chi connectivity index (χ3v) is 3.85. The van der Waals surface area contributed by atoms with Gasteiger partial charge in [0, 0.05) is 19.3 Å². The van der Waals surface area contributed by atoms with E-state index in [1.54, 1.807) is 13.4 Å². The van der Waals surface area contributed by atoms with Crippen molar-refractivity contribution in [3.05, 3.63) is 60.6 Å². The highest BCUT2D eigenvalue weighted by Gasteiger charge is 2.11. The molecule has 2 aromatic carbocycles. The molecule has 0 radical (unpaired) electrons. The maximum absolute atomic E-state index is 5.85. The van der Waals surface area contributed by atoms with Crippen LogP contribution in [0.15, 0.2) is 59.4 Å². The summed E-state index contributed by atoms with van der Waals surface area (Å²) in [4.78, 5) is 8.75. The summed E-state index contributed by atoms with van der Waals surface area (Å²) < 4.78 is 18.6. The van der Waals surface area contributed by atoms with Gasteiger partial charge in [0.1, 0.15) is 29.3 Å². The summed E-state index contributed by atoms with van der Waals surface area (Å²) in [6.07, 6.45) is 3.58. The predicted octanol–water partition coefficient (Wildman–Crippen LogP) is 3.82. The van der Waals surface area contributed by atoms with Gasteiger partial charge in [0.15, 0.2) is 5.58 Å². The molecule has 4 aromatic rings. The molecule has 0 bridgehead atoms. The van der Waals surface area contributed by atoms with Crippen LogP contribution in [0.2, 0.25) is 0 Å². The van der Waals surface area contributed by atoms with Crippen LogP contribution in [0.3, 0.4) is 0 Å². The van der Waals surface area contributed by atoms with Crippen molar-refractivity contribution in [1.82, 2.24) is 14.5 Å². The maximum Gasteiger partial charge on any atom is 0.247 e. The number of ether oxygens (including phenoxy) is 2. The van der Waals surface area contributed by atoms with Crippen LogP contribution in [0.5, 0.6) is 11.5 Å². The Balaban J connectivity index is 1.52. The molecule has 0 fully saturated rings. The van der Waals surface area contributed by atoms with Crippen molar-refractivity contribution in [2.24, 2.45) is 7.05 Å². The van der Waals surface area contributed by atoms with Crippen molar-refractivity contribution in [3.8, 4) is 23.1 Å². The molecule has 0 aliphatic carbocycles. The summed E-state index contributed by atoms with van der Waals surface area (Å²) >= 11 is 0. The molecule has 0 atom stereocenters. The monoisotopic (exact) mass is 335 g/mol. The Hall–Kier alpha value is -3.28. The topological polar surface area (TPSA) is 62.3 Å². The average molecular weight is 335 g/mol. The van der Waals surface area contributed by atoms with Crippen LogP contribution in [0.4, 0.5) is 0 Å². The van der Waals surface area contributed by atoms with Gasteiger partial charge in [-0.15, -0.1) is 0 Å². The number of nitrogens with zero attached hydrogens (tertiary/aromatic N) is 3. The molecule has 6 nitrogen and oxygen atoms in total. The van der Waals surface area contributed by atoms with Crippen LogP contribution in [-0.4, -0.2) is 21.6 Å². The third kappa shape index (κ3) is 3.19. The summed E-state index contributed by atoms with van der Waals surface area (Å²) in [6.45, 7) is 0.473. The Morgan fingerprint density at radius 3 is 2.60 bits per heavy atom. The summed E-state index contributed by atoms with van der Waals surface area (Å²) in [5.74, 6) is 2.07. The molecule has 0 saturated heterocycles. The Morgan fingerprint density at radius 1 is 1.08 bits per heavy atom. The number of oxazole rings is 1. The zero-order valence-electron chi connectivity index (χ0n) is 14.0. The number of hydrogen-bond donors (Lipinski definition) is 0. The standard InChI is InChI=1S/C19H17N3O3/c1-22-10-17(20-12-22)19-21-16-9-15(7-8-18(16)25-19)24-11-13-3-5-14(23-2)6-4-13/h3-10,12H,11H2,1-2H3. The number of imidazole rings is 1. The van der Waals surface area contributed by atoms with E-state index in [-0.39, 0.29) is 0 Å². The summed E-state index contributed by atoms with van der Waals surface area (Å²) in [7, 11) is 3.56. The van der Waals surface area contributed by atoms with Gasteiger partial charge in [-0.3, -0.25) is 0 Å². The van der Waals surface area contributed by atoms with E-state index in [0.29, 0.717) is 23.8 Å². The number of rotatable bonds is 5. The van der Waals surface area contributed by atoms with Crippen molar-refractivity contribution in [3.63, 3.8) is 0 Å². The predicted molar refractivity (Wildman–Crippen MR) is 93.5 cm³/mol. The molecule has 126 valence electrons. The first-order valence-electron chi connectivity index (χ1n) is 7.86. The largest absolute Gasteiger partial charge is 0.497 e. The van der Waals surface area contributed by atoms with Gasteiger partial charge in [0.05, 0.1) is 13.4 Å². The molecule has 6 heteroatoms. The molecule has 2 heterocycles. The van der Waals surface area contributed by atoms with Crippen molar-refractivity contribution in [1.29, 1.82) is 0 Å². The van der Waals surface area contributed by atoms with Crippen LogP contribution < -0.4 is 9.47 Å². The highest BCUT2D eigenvalue weighted by atomic mass is 16.5. The second-order valence-electron chi connectivity index (χ2n) is 5.71. The lowest BCUT2D eigenvalue weighted by Crippen LogP contribution is -1.95. The van der Waals surface area contributed by atoms with E-state index < -0.39 is 0 Å². The summed E-state index contributed by atoms with van der Waals surface area (Å²) in [6, 6.07) is 13.4. The first-order valence-corrected chi connectivity index (χ1v) is 7.86. The number of aryl methyl sites for hydroxylation is 1. The number of hydrogen-bond acceptors (Lipinski definition) is 5. The van der Waals surface area contributed by atoms with Crippen LogP contribution in [0, 0.1) is 0 Å². The Morgan fingerprint density at radius 2 is 1.88 bits per heavy atom.